The van der Waals surface area contributed by atoms with Crippen LogP contribution in [0.2, 0.25) is 0 Å². The Hall–Kier alpha value is -1.35. The number of rotatable bonds is 2. The van der Waals surface area contributed by atoms with E-state index in [0.717, 1.165) is 32.4 Å². The van der Waals surface area contributed by atoms with Crippen LogP contribution >= 0.6 is 0 Å². The predicted octanol–water partition coefficient (Wildman–Crippen LogP) is 2.32. The maximum absolute atomic E-state index is 11.7. The van der Waals surface area contributed by atoms with Gasteiger partial charge in [0.15, 0.2) is 0 Å². The van der Waals surface area contributed by atoms with Gasteiger partial charge in [0.25, 0.3) is 0 Å². The molecule has 0 bridgehead atoms. The van der Waals surface area contributed by atoms with Gasteiger partial charge in [-0.25, -0.2) is 0 Å². The third kappa shape index (κ3) is 2.98. The van der Waals surface area contributed by atoms with Crippen molar-refractivity contribution in [3.05, 3.63) is 35.9 Å². The molecule has 1 N–H and O–H groups in total. The number of carbonyl (C=O) groups is 1. The highest BCUT2D eigenvalue weighted by Gasteiger charge is 2.33. The molecule has 0 spiro atoms. The number of fused-ring (bicyclic) bond motifs is 1. The fourth-order valence-electron chi connectivity index (χ4n) is 3.44. The zero-order valence-corrected chi connectivity index (χ0v) is 11.3. The Morgan fingerprint density at radius 3 is 2.84 bits per heavy atom. The largest absolute Gasteiger partial charge is 0.352 e. The van der Waals surface area contributed by atoms with E-state index in [0.29, 0.717) is 18.5 Å². The molecule has 1 aromatic rings. The van der Waals surface area contributed by atoms with E-state index in [1.54, 1.807) is 0 Å². The van der Waals surface area contributed by atoms with Crippen LogP contribution < -0.4 is 5.32 Å². The lowest BCUT2D eigenvalue weighted by Crippen LogP contribution is -2.53. The Morgan fingerprint density at radius 2 is 2.00 bits per heavy atom. The minimum Gasteiger partial charge on any atom is -0.352 e. The third-order valence-corrected chi connectivity index (χ3v) is 4.37. The second kappa shape index (κ2) is 5.74. The van der Waals surface area contributed by atoms with E-state index in [2.05, 4.69) is 40.5 Å². The summed E-state index contributed by atoms with van der Waals surface area (Å²) in [4.78, 5) is 14.2. The minimum absolute atomic E-state index is 0.245. The summed E-state index contributed by atoms with van der Waals surface area (Å²) in [6.07, 6.45) is 5.21. The molecule has 102 valence electrons. The van der Waals surface area contributed by atoms with Gasteiger partial charge in [-0.15, -0.1) is 0 Å². The van der Waals surface area contributed by atoms with Crippen molar-refractivity contribution in [2.75, 3.05) is 6.54 Å². The quantitative estimate of drug-likeness (QED) is 0.883. The summed E-state index contributed by atoms with van der Waals surface area (Å²) in [6.45, 7) is 2.17. The van der Waals surface area contributed by atoms with Crippen LogP contribution in [0.15, 0.2) is 30.3 Å². The van der Waals surface area contributed by atoms with E-state index >= 15 is 0 Å². The summed E-state index contributed by atoms with van der Waals surface area (Å²) in [5, 5.41) is 3.22. The lowest BCUT2D eigenvalue weighted by Gasteiger charge is -2.40. The van der Waals surface area contributed by atoms with Crippen molar-refractivity contribution in [2.24, 2.45) is 0 Å². The zero-order chi connectivity index (χ0) is 13.1. The van der Waals surface area contributed by atoms with E-state index in [1.807, 2.05) is 0 Å². The molecule has 2 aliphatic heterocycles. The molecule has 2 saturated heterocycles. The number of amides is 1. The number of piperidine rings is 1. The Balaban J connectivity index is 1.72. The summed E-state index contributed by atoms with van der Waals surface area (Å²) in [6, 6.07) is 11.6. The van der Waals surface area contributed by atoms with Gasteiger partial charge in [0.05, 0.1) is 0 Å². The van der Waals surface area contributed by atoms with Crippen molar-refractivity contribution in [2.45, 2.75) is 50.7 Å². The maximum atomic E-state index is 11.7. The molecule has 0 unspecified atom stereocenters. The topological polar surface area (TPSA) is 32.3 Å². The first-order chi connectivity index (χ1) is 9.33. The highest BCUT2D eigenvalue weighted by atomic mass is 16.1. The number of benzene rings is 1. The van der Waals surface area contributed by atoms with E-state index in [1.165, 1.54) is 12.0 Å². The van der Waals surface area contributed by atoms with Crippen LogP contribution in [-0.2, 0) is 11.3 Å². The summed E-state index contributed by atoms with van der Waals surface area (Å²) < 4.78 is 0. The molecule has 2 atom stereocenters. The van der Waals surface area contributed by atoms with E-state index in [4.69, 9.17) is 0 Å². The van der Waals surface area contributed by atoms with Gasteiger partial charge in [-0.05, 0) is 37.8 Å². The number of carbonyl (C=O) groups excluding carboxylic acids is 1. The SMILES string of the molecule is O=C1CCC[C@H]2[C@@H](CCCN2Cc2ccccc2)N1. The monoisotopic (exact) mass is 258 g/mol. The smallest absolute Gasteiger partial charge is 0.220 e. The summed E-state index contributed by atoms with van der Waals surface area (Å²) in [5.41, 5.74) is 1.37. The van der Waals surface area contributed by atoms with Gasteiger partial charge in [-0.3, -0.25) is 9.69 Å². The summed E-state index contributed by atoms with van der Waals surface area (Å²) in [5.74, 6) is 0.245. The highest BCUT2D eigenvalue weighted by molar-refractivity contribution is 5.76. The number of nitrogens with zero attached hydrogens (tertiary/aromatic N) is 1. The van der Waals surface area contributed by atoms with Crippen molar-refractivity contribution >= 4 is 5.91 Å². The van der Waals surface area contributed by atoms with Gasteiger partial charge in [-0.1, -0.05) is 30.3 Å². The molecule has 3 rings (SSSR count). The van der Waals surface area contributed by atoms with Crippen molar-refractivity contribution < 1.29 is 4.79 Å². The van der Waals surface area contributed by atoms with Crippen LogP contribution in [0.3, 0.4) is 0 Å². The van der Waals surface area contributed by atoms with Crippen LogP contribution in [0, 0.1) is 0 Å². The highest BCUT2D eigenvalue weighted by Crippen LogP contribution is 2.26. The standard InChI is InChI=1S/C16H22N2O/c19-16-10-4-9-15-14(17-16)8-5-11-18(15)12-13-6-2-1-3-7-13/h1-3,6-7,14-15H,4-5,8-12H2,(H,17,19)/t14-,15+/m1/s1. The van der Waals surface area contributed by atoms with Gasteiger partial charge >= 0.3 is 0 Å². The van der Waals surface area contributed by atoms with Gasteiger partial charge in [-0.2, -0.15) is 0 Å². The number of nitrogens with one attached hydrogen (secondary N) is 1. The summed E-state index contributed by atoms with van der Waals surface area (Å²) in [7, 11) is 0. The van der Waals surface area contributed by atoms with Crippen molar-refractivity contribution in [1.29, 1.82) is 0 Å². The number of hydrogen-bond donors (Lipinski definition) is 1. The first-order valence-electron chi connectivity index (χ1n) is 7.40. The molecule has 0 radical (unpaired) electrons. The van der Waals surface area contributed by atoms with E-state index < -0.39 is 0 Å². The first-order valence-corrected chi connectivity index (χ1v) is 7.40. The Kier molecular flexibility index (Phi) is 3.83. The zero-order valence-electron chi connectivity index (χ0n) is 11.3. The Labute approximate surface area is 115 Å². The van der Waals surface area contributed by atoms with Crippen LogP contribution in [0.25, 0.3) is 0 Å². The molecule has 3 heteroatoms. The van der Waals surface area contributed by atoms with Crippen LogP contribution in [0.5, 0.6) is 0 Å². The number of hydrogen-bond acceptors (Lipinski definition) is 2. The molecule has 2 aliphatic rings. The van der Waals surface area contributed by atoms with Crippen molar-refractivity contribution in [3.8, 4) is 0 Å². The molecule has 0 aromatic heterocycles. The molecule has 0 aliphatic carbocycles. The second-order valence-electron chi connectivity index (χ2n) is 5.73. The average molecular weight is 258 g/mol. The fraction of sp³-hybridized carbons (Fsp3) is 0.562. The minimum atomic E-state index is 0.245. The van der Waals surface area contributed by atoms with Gasteiger partial charge in [0, 0.05) is 25.0 Å². The first kappa shape index (κ1) is 12.7. The average Bonchev–Trinajstić information content (AvgIpc) is 2.61. The van der Waals surface area contributed by atoms with Gasteiger partial charge < -0.3 is 5.32 Å². The molecule has 1 amide bonds. The molecule has 2 heterocycles. The van der Waals surface area contributed by atoms with Crippen molar-refractivity contribution in [3.63, 3.8) is 0 Å². The van der Waals surface area contributed by atoms with Crippen LogP contribution in [0.1, 0.15) is 37.7 Å². The Bertz CT molecular complexity index is 432. The molecule has 0 saturated carbocycles. The van der Waals surface area contributed by atoms with Crippen LogP contribution in [-0.4, -0.2) is 29.4 Å². The van der Waals surface area contributed by atoms with E-state index in [-0.39, 0.29) is 5.91 Å². The van der Waals surface area contributed by atoms with E-state index in [9.17, 15) is 4.79 Å². The normalized spacial score (nSPS) is 28.3. The lowest BCUT2D eigenvalue weighted by atomic mass is 9.93. The number of likely N-dealkylation sites (tertiary alicyclic amines) is 1. The molecular weight excluding hydrogens is 236 g/mol. The van der Waals surface area contributed by atoms with Crippen molar-refractivity contribution in [1.82, 2.24) is 10.2 Å². The third-order valence-electron chi connectivity index (χ3n) is 4.37. The fourth-order valence-corrected chi connectivity index (χ4v) is 3.44. The predicted molar refractivity (Wildman–Crippen MR) is 75.7 cm³/mol. The molecule has 19 heavy (non-hydrogen) atoms. The lowest BCUT2D eigenvalue weighted by molar-refractivity contribution is -0.121. The second-order valence-corrected chi connectivity index (χ2v) is 5.73. The summed E-state index contributed by atoms with van der Waals surface area (Å²) >= 11 is 0. The van der Waals surface area contributed by atoms with Gasteiger partial charge in [0.1, 0.15) is 0 Å². The molecule has 1 aromatic carbocycles. The maximum Gasteiger partial charge on any atom is 0.220 e. The van der Waals surface area contributed by atoms with Gasteiger partial charge in [0.2, 0.25) is 5.91 Å². The van der Waals surface area contributed by atoms with Crippen LogP contribution in [0.4, 0.5) is 0 Å². The molecular formula is C16H22N2O. The Morgan fingerprint density at radius 1 is 1.16 bits per heavy atom. The molecule has 2 fully saturated rings. The molecule has 3 nitrogen and oxygen atoms in total.